The first kappa shape index (κ1) is 18.2. The predicted octanol–water partition coefficient (Wildman–Crippen LogP) is 1.52. The fourth-order valence-corrected chi connectivity index (χ4v) is 3.11. The Morgan fingerprint density at radius 2 is 2.08 bits per heavy atom. The molecule has 0 saturated heterocycles. The minimum atomic E-state index is -3.66. The normalized spacial score (nSPS) is 11.4. The van der Waals surface area contributed by atoms with E-state index in [0.717, 1.165) is 0 Å². The first-order chi connectivity index (χ1) is 11.5. The topological polar surface area (TPSA) is 97.6 Å². The number of carbonyl (C=O) groups is 1. The number of rotatable bonds is 9. The van der Waals surface area contributed by atoms with Gasteiger partial charge in [0, 0.05) is 25.8 Å². The van der Waals surface area contributed by atoms with Crippen LogP contribution in [0.25, 0.3) is 0 Å². The summed E-state index contributed by atoms with van der Waals surface area (Å²) in [4.78, 5) is 12.2. The van der Waals surface area contributed by atoms with Gasteiger partial charge in [-0.1, -0.05) is 6.07 Å². The van der Waals surface area contributed by atoms with Gasteiger partial charge in [-0.15, -0.1) is 0 Å². The molecule has 0 saturated carbocycles. The molecule has 1 amide bonds. The zero-order valence-electron chi connectivity index (χ0n) is 13.3. The van der Waals surface area contributed by atoms with E-state index in [2.05, 4.69) is 10.0 Å². The van der Waals surface area contributed by atoms with Gasteiger partial charge in [0.15, 0.2) is 0 Å². The molecule has 0 spiro atoms. The molecule has 0 atom stereocenters. The second-order valence-electron chi connectivity index (χ2n) is 5.03. The van der Waals surface area contributed by atoms with Gasteiger partial charge < -0.3 is 14.5 Å². The van der Waals surface area contributed by atoms with Crippen LogP contribution in [0.3, 0.4) is 0 Å². The first-order valence-electron chi connectivity index (χ1n) is 7.42. The van der Waals surface area contributed by atoms with Crippen LogP contribution in [-0.4, -0.2) is 34.6 Å². The number of sulfonamides is 1. The van der Waals surface area contributed by atoms with Crippen molar-refractivity contribution in [2.75, 3.05) is 20.3 Å². The van der Waals surface area contributed by atoms with E-state index in [0.29, 0.717) is 18.8 Å². The molecule has 2 aromatic rings. The maximum Gasteiger partial charge on any atom is 0.251 e. The molecular weight excluding hydrogens is 332 g/mol. The van der Waals surface area contributed by atoms with E-state index >= 15 is 0 Å². The summed E-state index contributed by atoms with van der Waals surface area (Å²) in [5.41, 5.74) is 0.265. The van der Waals surface area contributed by atoms with E-state index in [1.165, 1.54) is 24.5 Å². The fraction of sp³-hybridized carbons (Fsp3) is 0.312. The van der Waals surface area contributed by atoms with Gasteiger partial charge in [0.25, 0.3) is 5.91 Å². The molecule has 0 aliphatic heterocycles. The predicted molar refractivity (Wildman–Crippen MR) is 88.0 cm³/mol. The molecule has 1 aromatic heterocycles. The number of ether oxygens (including phenoxy) is 1. The Bertz CT molecular complexity index is 757. The molecule has 0 aliphatic carbocycles. The lowest BCUT2D eigenvalue weighted by atomic mass is 10.2. The molecule has 130 valence electrons. The Hall–Kier alpha value is -2.16. The van der Waals surface area contributed by atoms with Crippen LogP contribution in [0.4, 0.5) is 0 Å². The number of carbonyl (C=O) groups excluding carboxylic acids is 1. The number of nitrogens with one attached hydrogen (secondary N) is 2. The molecule has 0 unspecified atom stereocenters. The molecule has 24 heavy (non-hydrogen) atoms. The van der Waals surface area contributed by atoms with Crippen molar-refractivity contribution in [3.8, 4) is 0 Å². The second kappa shape index (κ2) is 8.62. The quantitative estimate of drug-likeness (QED) is 0.667. The van der Waals surface area contributed by atoms with Crippen LogP contribution >= 0.6 is 0 Å². The van der Waals surface area contributed by atoms with E-state index in [1.54, 1.807) is 25.3 Å². The lowest BCUT2D eigenvalue weighted by molar-refractivity contribution is 0.0948. The van der Waals surface area contributed by atoms with Gasteiger partial charge in [-0.3, -0.25) is 4.79 Å². The maximum absolute atomic E-state index is 12.2. The maximum atomic E-state index is 12.2. The van der Waals surface area contributed by atoms with Crippen LogP contribution in [0.5, 0.6) is 0 Å². The van der Waals surface area contributed by atoms with Gasteiger partial charge in [-0.2, -0.15) is 0 Å². The monoisotopic (exact) mass is 352 g/mol. The summed E-state index contributed by atoms with van der Waals surface area (Å²) < 4.78 is 36.9. The van der Waals surface area contributed by atoms with Crippen molar-refractivity contribution < 1.29 is 22.4 Å². The van der Waals surface area contributed by atoms with E-state index < -0.39 is 10.0 Å². The Morgan fingerprint density at radius 3 is 2.79 bits per heavy atom. The average Bonchev–Trinajstić information content (AvgIpc) is 3.10. The molecule has 1 heterocycles. The van der Waals surface area contributed by atoms with Crippen LogP contribution < -0.4 is 10.0 Å². The summed E-state index contributed by atoms with van der Waals surface area (Å²) in [6, 6.07) is 9.35. The summed E-state index contributed by atoms with van der Waals surface area (Å²) in [5, 5.41) is 2.68. The Labute approximate surface area is 141 Å². The largest absolute Gasteiger partial charge is 0.467 e. The number of amides is 1. The first-order valence-corrected chi connectivity index (χ1v) is 8.90. The van der Waals surface area contributed by atoms with Crippen molar-refractivity contribution in [1.82, 2.24) is 10.0 Å². The molecule has 0 radical (unpaired) electrons. The van der Waals surface area contributed by atoms with Gasteiger partial charge in [0.2, 0.25) is 10.0 Å². The number of furan rings is 1. The van der Waals surface area contributed by atoms with Crippen LogP contribution in [0.2, 0.25) is 0 Å². The Balaban J connectivity index is 2.00. The standard InChI is InChI=1S/C16H20N2O5S/c1-22-9-4-8-18-24(20,21)15-7-2-5-13(11-15)16(19)17-12-14-6-3-10-23-14/h2-3,5-7,10-11,18H,4,8-9,12H2,1H3,(H,17,19). The van der Waals surface area contributed by atoms with Gasteiger partial charge in [-0.25, -0.2) is 13.1 Å². The average molecular weight is 352 g/mol. The number of benzene rings is 1. The lowest BCUT2D eigenvalue weighted by Crippen LogP contribution is -2.26. The van der Waals surface area contributed by atoms with Crippen molar-refractivity contribution in [2.45, 2.75) is 17.9 Å². The molecule has 0 fully saturated rings. The minimum absolute atomic E-state index is 0.0468. The lowest BCUT2D eigenvalue weighted by Gasteiger charge is -2.08. The van der Waals surface area contributed by atoms with E-state index in [1.807, 2.05) is 0 Å². The molecule has 2 rings (SSSR count). The van der Waals surface area contributed by atoms with Gasteiger partial charge in [0.05, 0.1) is 17.7 Å². The summed E-state index contributed by atoms with van der Waals surface area (Å²) in [5.74, 6) is 0.245. The summed E-state index contributed by atoms with van der Waals surface area (Å²) in [6.07, 6.45) is 2.09. The Morgan fingerprint density at radius 1 is 1.25 bits per heavy atom. The molecule has 0 aliphatic rings. The second-order valence-corrected chi connectivity index (χ2v) is 6.80. The van der Waals surface area contributed by atoms with E-state index in [4.69, 9.17) is 9.15 Å². The van der Waals surface area contributed by atoms with Crippen molar-refractivity contribution in [3.63, 3.8) is 0 Å². The zero-order valence-corrected chi connectivity index (χ0v) is 14.1. The molecule has 0 bridgehead atoms. The fourth-order valence-electron chi connectivity index (χ4n) is 1.99. The van der Waals surface area contributed by atoms with Crippen LogP contribution in [0, 0.1) is 0 Å². The highest BCUT2D eigenvalue weighted by molar-refractivity contribution is 7.89. The van der Waals surface area contributed by atoms with Crippen molar-refractivity contribution in [1.29, 1.82) is 0 Å². The highest BCUT2D eigenvalue weighted by Gasteiger charge is 2.15. The highest BCUT2D eigenvalue weighted by Crippen LogP contribution is 2.12. The Kier molecular flexibility index (Phi) is 6.53. The third-order valence-electron chi connectivity index (χ3n) is 3.23. The summed E-state index contributed by atoms with van der Waals surface area (Å²) >= 11 is 0. The highest BCUT2D eigenvalue weighted by atomic mass is 32.2. The smallest absolute Gasteiger partial charge is 0.251 e. The SMILES string of the molecule is COCCCNS(=O)(=O)c1cccc(C(=O)NCc2ccco2)c1. The molecule has 8 heteroatoms. The van der Waals surface area contributed by atoms with Gasteiger partial charge in [0.1, 0.15) is 5.76 Å². The van der Waals surface area contributed by atoms with Crippen molar-refractivity contribution >= 4 is 15.9 Å². The molecular formula is C16H20N2O5S. The van der Waals surface area contributed by atoms with Gasteiger partial charge in [-0.05, 0) is 36.8 Å². The molecule has 2 N–H and O–H groups in total. The summed E-state index contributed by atoms with van der Waals surface area (Å²) in [7, 11) is -2.10. The van der Waals surface area contributed by atoms with E-state index in [9.17, 15) is 13.2 Å². The third kappa shape index (κ3) is 5.19. The number of hydrogen-bond donors (Lipinski definition) is 2. The minimum Gasteiger partial charge on any atom is -0.467 e. The van der Waals surface area contributed by atoms with E-state index in [-0.39, 0.29) is 29.5 Å². The molecule has 1 aromatic carbocycles. The van der Waals surface area contributed by atoms with Crippen LogP contribution in [0.15, 0.2) is 52.0 Å². The van der Waals surface area contributed by atoms with Crippen molar-refractivity contribution in [2.24, 2.45) is 0 Å². The van der Waals surface area contributed by atoms with Crippen LogP contribution in [0.1, 0.15) is 22.5 Å². The molecule has 7 nitrogen and oxygen atoms in total. The zero-order chi connectivity index (χ0) is 17.4. The third-order valence-corrected chi connectivity index (χ3v) is 4.69. The number of hydrogen-bond acceptors (Lipinski definition) is 5. The van der Waals surface area contributed by atoms with Crippen molar-refractivity contribution in [3.05, 3.63) is 54.0 Å². The van der Waals surface area contributed by atoms with Gasteiger partial charge >= 0.3 is 0 Å². The summed E-state index contributed by atoms with van der Waals surface area (Å²) in [6.45, 7) is 0.973. The number of methoxy groups -OCH3 is 1. The van der Waals surface area contributed by atoms with Crippen LogP contribution in [-0.2, 0) is 21.3 Å².